The number of halogens is 1. The van der Waals surface area contributed by atoms with Gasteiger partial charge in [0.2, 0.25) is 0 Å². The van der Waals surface area contributed by atoms with Crippen LogP contribution in [0.5, 0.6) is 11.5 Å². The van der Waals surface area contributed by atoms with Crippen molar-refractivity contribution in [3.63, 3.8) is 0 Å². The molecule has 2 rings (SSSR count). The number of pyridine rings is 1. The molecule has 2 aromatic rings. The number of rotatable bonds is 3. The van der Waals surface area contributed by atoms with Crippen LogP contribution in [0.25, 0.3) is 0 Å². The summed E-state index contributed by atoms with van der Waals surface area (Å²) in [7, 11) is 0. The Labute approximate surface area is 102 Å². The third-order valence-corrected chi connectivity index (χ3v) is 2.71. The van der Waals surface area contributed by atoms with E-state index in [-0.39, 0.29) is 0 Å². The van der Waals surface area contributed by atoms with Gasteiger partial charge in [0.15, 0.2) is 0 Å². The first-order valence-electron chi connectivity index (χ1n) is 4.86. The van der Waals surface area contributed by atoms with Gasteiger partial charge in [-0.15, -0.1) is 0 Å². The molecule has 0 unspecified atom stereocenters. The summed E-state index contributed by atoms with van der Waals surface area (Å²) in [4.78, 5) is 3.98. The molecular formula is C12H11BrN2O. The van der Waals surface area contributed by atoms with Gasteiger partial charge in [-0.05, 0) is 45.8 Å². The lowest BCUT2D eigenvalue weighted by Gasteiger charge is -2.08. The van der Waals surface area contributed by atoms with E-state index in [1.807, 2.05) is 30.3 Å². The maximum absolute atomic E-state index is 5.66. The molecule has 0 spiro atoms. The number of ether oxygens (including phenoxy) is 1. The van der Waals surface area contributed by atoms with Gasteiger partial charge in [0.1, 0.15) is 11.5 Å². The van der Waals surface area contributed by atoms with Crippen LogP contribution in [0.2, 0.25) is 0 Å². The molecule has 1 aromatic carbocycles. The molecule has 0 radical (unpaired) electrons. The Bertz CT molecular complexity index is 474. The molecule has 1 heterocycles. The minimum atomic E-state index is 0.520. The quantitative estimate of drug-likeness (QED) is 0.939. The molecule has 1 aromatic heterocycles. The molecule has 16 heavy (non-hydrogen) atoms. The van der Waals surface area contributed by atoms with Gasteiger partial charge in [0, 0.05) is 12.7 Å². The molecule has 0 bridgehead atoms. The van der Waals surface area contributed by atoms with Crippen molar-refractivity contribution in [2.75, 3.05) is 0 Å². The van der Waals surface area contributed by atoms with Gasteiger partial charge in [-0.1, -0.05) is 6.07 Å². The number of aromatic nitrogens is 1. The molecule has 0 aliphatic carbocycles. The smallest absolute Gasteiger partial charge is 0.145 e. The van der Waals surface area contributed by atoms with Gasteiger partial charge >= 0.3 is 0 Å². The minimum Gasteiger partial charge on any atom is -0.455 e. The largest absolute Gasteiger partial charge is 0.455 e. The summed E-state index contributed by atoms with van der Waals surface area (Å²) in [5, 5.41) is 0. The molecule has 2 N–H and O–H groups in total. The lowest BCUT2D eigenvalue weighted by Crippen LogP contribution is -1.96. The van der Waals surface area contributed by atoms with Gasteiger partial charge in [-0.2, -0.15) is 0 Å². The molecule has 0 saturated heterocycles. The molecule has 4 heteroatoms. The standard InChI is InChI=1S/C12H11BrN2O/c13-11-6-9(7-14)3-4-12(11)16-10-2-1-5-15-8-10/h1-6,8H,7,14H2. The van der Waals surface area contributed by atoms with Gasteiger partial charge in [-0.25, -0.2) is 0 Å². The number of hydrogen-bond acceptors (Lipinski definition) is 3. The maximum atomic E-state index is 5.66. The van der Waals surface area contributed by atoms with E-state index in [9.17, 15) is 0 Å². The van der Waals surface area contributed by atoms with Crippen LogP contribution in [-0.2, 0) is 6.54 Å². The number of nitrogens with zero attached hydrogens (tertiary/aromatic N) is 1. The third-order valence-electron chi connectivity index (χ3n) is 2.09. The fourth-order valence-electron chi connectivity index (χ4n) is 1.29. The monoisotopic (exact) mass is 278 g/mol. The highest BCUT2D eigenvalue weighted by Gasteiger charge is 2.03. The molecule has 0 aliphatic heterocycles. The number of benzene rings is 1. The van der Waals surface area contributed by atoms with E-state index in [2.05, 4.69) is 20.9 Å². The summed E-state index contributed by atoms with van der Waals surface area (Å²) >= 11 is 3.44. The summed E-state index contributed by atoms with van der Waals surface area (Å²) in [5.74, 6) is 1.47. The molecule has 0 saturated carbocycles. The Kier molecular flexibility index (Phi) is 3.54. The van der Waals surface area contributed by atoms with Crippen LogP contribution < -0.4 is 10.5 Å². The predicted molar refractivity (Wildman–Crippen MR) is 66.3 cm³/mol. The second kappa shape index (κ2) is 5.09. The first-order chi connectivity index (χ1) is 7.79. The summed E-state index contributed by atoms with van der Waals surface area (Å²) in [6.07, 6.45) is 3.38. The van der Waals surface area contributed by atoms with Crippen LogP contribution in [0.1, 0.15) is 5.56 Å². The van der Waals surface area contributed by atoms with Crippen LogP contribution in [0.3, 0.4) is 0 Å². The van der Waals surface area contributed by atoms with Crippen molar-refractivity contribution in [2.45, 2.75) is 6.54 Å². The van der Waals surface area contributed by atoms with E-state index < -0.39 is 0 Å². The molecular weight excluding hydrogens is 268 g/mol. The first kappa shape index (κ1) is 11.1. The highest BCUT2D eigenvalue weighted by molar-refractivity contribution is 9.10. The number of nitrogens with two attached hydrogens (primary N) is 1. The van der Waals surface area contributed by atoms with Crippen LogP contribution in [0, 0.1) is 0 Å². The zero-order valence-electron chi connectivity index (χ0n) is 8.56. The zero-order valence-corrected chi connectivity index (χ0v) is 10.1. The third kappa shape index (κ3) is 2.59. The highest BCUT2D eigenvalue weighted by Crippen LogP contribution is 2.29. The van der Waals surface area contributed by atoms with Crippen molar-refractivity contribution >= 4 is 15.9 Å². The van der Waals surface area contributed by atoms with Crippen LogP contribution in [0.4, 0.5) is 0 Å². The summed E-state index contributed by atoms with van der Waals surface area (Å²) in [5.41, 5.74) is 6.61. The van der Waals surface area contributed by atoms with E-state index >= 15 is 0 Å². The van der Waals surface area contributed by atoms with Crippen LogP contribution in [-0.4, -0.2) is 4.98 Å². The Balaban J connectivity index is 2.22. The topological polar surface area (TPSA) is 48.1 Å². The van der Waals surface area contributed by atoms with Crippen molar-refractivity contribution in [3.05, 3.63) is 52.8 Å². The summed E-state index contributed by atoms with van der Waals surface area (Å²) in [6.45, 7) is 0.520. The summed E-state index contributed by atoms with van der Waals surface area (Å²) < 4.78 is 6.55. The van der Waals surface area contributed by atoms with Gasteiger partial charge in [-0.3, -0.25) is 4.98 Å². The predicted octanol–water partition coefficient (Wildman–Crippen LogP) is 3.10. The maximum Gasteiger partial charge on any atom is 0.145 e. The van der Waals surface area contributed by atoms with Crippen molar-refractivity contribution in [3.8, 4) is 11.5 Å². The molecule has 0 amide bonds. The fraction of sp³-hybridized carbons (Fsp3) is 0.0833. The van der Waals surface area contributed by atoms with E-state index in [1.54, 1.807) is 12.4 Å². The number of hydrogen-bond donors (Lipinski definition) is 1. The van der Waals surface area contributed by atoms with E-state index in [0.29, 0.717) is 12.3 Å². The minimum absolute atomic E-state index is 0.520. The first-order valence-corrected chi connectivity index (χ1v) is 5.65. The van der Waals surface area contributed by atoms with Gasteiger partial charge in [0.05, 0.1) is 10.7 Å². The van der Waals surface area contributed by atoms with Crippen LogP contribution in [0.15, 0.2) is 47.2 Å². The molecule has 82 valence electrons. The Morgan fingerprint density at radius 2 is 2.19 bits per heavy atom. The van der Waals surface area contributed by atoms with Crippen molar-refractivity contribution in [2.24, 2.45) is 5.73 Å². The Morgan fingerprint density at radius 3 is 2.81 bits per heavy atom. The lowest BCUT2D eigenvalue weighted by molar-refractivity contribution is 0.477. The lowest BCUT2D eigenvalue weighted by atomic mass is 10.2. The molecule has 3 nitrogen and oxygen atoms in total. The second-order valence-corrected chi connectivity index (χ2v) is 4.11. The average Bonchev–Trinajstić information content (AvgIpc) is 2.33. The highest BCUT2D eigenvalue weighted by atomic mass is 79.9. The Morgan fingerprint density at radius 1 is 1.31 bits per heavy atom. The van der Waals surface area contributed by atoms with Crippen LogP contribution >= 0.6 is 15.9 Å². The van der Waals surface area contributed by atoms with Gasteiger partial charge in [0.25, 0.3) is 0 Å². The van der Waals surface area contributed by atoms with Gasteiger partial charge < -0.3 is 10.5 Å². The normalized spacial score (nSPS) is 10.1. The SMILES string of the molecule is NCc1ccc(Oc2cccnc2)c(Br)c1. The average molecular weight is 279 g/mol. The van der Waals surface area contributed by atoms with Crippen molar-refractivity contribution in [1.82, 2.24) is 4.98 Å². The van der Waals surface area contributed by atoms with Crippen molar-refractivity contribution < 1.29 is 4.74 Å². The fourth-order valence-corrected chi connectivity index (χ4v) is 1.80. The molecule has 0 fully saturated rings. The molecule has 0 aliphatic rings. The second-order valence-electron chi connectivity index (χ2n) is 3.26. The summed E-state index contributed by atoms with van der Waals surface area (Å²) in [6, 6.07) is 9.47. The molecule has 0 atom stereocenters. The van der Waals surface area contributed by atoms with E-state index in [4.69, 9.17) is 10.5 Å². The van der Waals surface area contributed by atoms with E-state index in [0.717, 1.165) is 15.8 Å². The van der Waals surface area contributed by atoms with Crippen molar-refractivity contribution in [1.29, 1.82) is 0 Å². The zero-order chi connectivity index (χ0) is 11.4. The van der Waals surface area contributed by atoms with E-state index in [1.165, 1.54) is 0 Å². The Hall–Kier alpha value is -1.39.